The van der Waals surface area contributed by atoms with Crippen molar-refractivity contribution in [2.45, 2.75) is 6.54 Å². The topological polar surface area (TPSA) is 35.1 Å². The molecule has 2 aromatic carbocycles. The Labute approximate surface area is 112 Å². The molecule has 0 unspecified atom stereocenters. The van der Waals surface area contributed by atoms with Gasteiger partial charge in [-0.05, 0) is 23.8 Å². The van der Waals surface area contributed by atoms with Gasteiger partial charge in [0, 0.05) is 4.47 Å². The van der Waals surface area contributed by atoms with Gasteiger partial charge in [-0.3, -0.25) is 4.57 Å². The number of oxazole rings is 1. The first kappa shape index (κ1) is 11.3. The summed E-state index contributed by atoms with van der Waals surface area (Å²) in [6.07, 6.45) is 0. The average Bonchev–Trinajstić information content (AvgIpc) is 2.69. The van der Waals surface area contributed by atoms with Gasteiger partial charge in [-0.25, -0.2) is 4.79 Å². The van der Waals surface area contributed by atoms with Crippen molar-refractivity contribution in [3.05, 3.63) is 69.1 Å². The fraction of sp³-hybridized carbons (Fsp3) is 0.0714. The average molecular weight is 304 g/mol. The molecule has 3 aromatic rings. The summed E-state index contributed by atoms with van der Waals surface area (Å²) in [6.45, 7) is 0.497. The second kappa shape index (κ2) is 4.46. The van der Waals surface area contributed by atoms with Crippen LogP contribution >= 0.6 is 15.9 Å². The van der Waals surface area contributed by atoms with Crippen LogP contribution in [0.5, 0.6) is 0 Å². The van der Waals surface area contributed by atoms with Crippen LogP contribution < -0.4 is 5.76 Å². The highest BCUT2D eigenvalue weighted by molar-refractivity contribution is 9.10. The van der Waals surface area contributed by atoms with E-state index in [9.17, 15) is 4.79 Å². The van der Waals surface area contributed by atoms with Crippen molar-refractivity contribution >= 4 is 27.0 Å². The zero-order valence-corrected chi connectivity index (χ0v) is 11.1. The monoisotopic (exact) mass is 303 g/mol. The molecule has 90 valence electrons. The first-order valence-electron chi connectivity index (χ1n) is 5.57. The van der Waals surface area contributed by atoms with Gasteiger partial charge in [0.05, 0.1) is 12.1 Å². The van der Waals surface area contributed by atoms with Gasteiger partial charge in [-0.15, -0.1) is 0 Å². The highest BCUT2D eigenvalue weighted by atomic mass is 79.9. The summed E-state index contributed by atoms with van der Waals surface area (Å²) in [7, 11) is 0. The van der Waals surface area contributed by atoms with E-state index in [0.29, 0.717) is 12.1 Å². The molecule has 0 aliphatic carbocycles. The Hall–Kier alpha value is -1.81. The van der Waals surface area contributed by atoms with E-state index in [2.05, 4.69) is 15.9 Å². The number of halogens is 1. The lowest BCUT2D eigenvalue weighted by atomic mass is 10.2. The van der Waals surface area contributed by atoms with Crippen molar-refractivity contribution in [1.29, 1.82) is 0 Å². The lowest BCUT2D eigenvalue weighted by Crippen LogP contribution is -2.15. The summed E-state index contributed by atoms with van der Waals surface area (Å²) in [5.74, 6) is -0.327. The van der Waals surface area contributed by atoms with Crippen LogP contribution in [-0.2, 0) is 6.54 Å². The molecule has 1 heterocycles. The SMILES string of the molecule is O=c1oc2ccccc2n1Cc1ccccc1Br. The van der Waals surface area contributed by atoms with Crippen LogP contribution in [0.3, 0.4) is 0 Å². The Kier molecular flexibility index (Phi) is 2.80. The molecule has 0 aliphatic heterocycles. The molecule has 0 spiro atoms. The van der Waals surface area contributed by atoms with Crippen LogP contribution in [0.15, 0.2) is 62.2 Å². The van der Waals surface area contributed by atoms with E-state index in [1.54, 1.807) is 10.6 Å². The van der Waals surface area contributed by atoms with E-state index < -0.39 is 0 Å². The number of aromatic nitrogens is 1. The Morgan fingerprint density at radius 2 is 1.78 bits per heavy atom. The van der Waals surface area contributed by atoms with Gasteiger partial charge in [0.2, 0.25) is 0 Å². The van der Waals surface area contributed by atoms with Gasteiger partial charge in [0.15, 0.2) is 5.58 Å². The van der Waals surface area contributed by atoms with Gasteiger partial charge in [0.25, 0.3) is 0 Å². The van der Waals surface area contributed by atoms with Crippen molar-refractivity contribution in [3.63, 3.8) is 0 Å². The van der Waals surface area contributed by atoms with Crippen LogP contribution in [-0.4, -0.2) is 4.57 Å². The molecule has 0 saturated carbocycles. The minimum atomic E-state index is -0.327. The molecule has 0 aliphatic rings. The van der Waals surface area contributed by atoms with Gasteiger partial charge in [-0.2, -0.15) is 0 Å². The molecule has 4 heteroatoms. The van der Waals surface area contributed by atoms with E-state index in [1.165, 1.54) is 0 Å². The van der Waals surface area contributed by atoms with Gasteiger partial charge in [-0.1, -0.05) is 46.3 Å². The molecule has 0 fully saturated rings. The van der Waals surface area contributed by atoms with Crippen LogP contribution in [0.1, 0.15) is 5.56 Å². The van der Waals surface area contributed by atoms with E-state index >= 15 is 0 Å². The van der Waals surface area contributed by atoms with Crippen molar-refractivity contribution in [2.75, 3.05) is 0 Å². The van der Waals surface area contributed by atoms with E-state index in [1.807, 2.05) is 42.5 Å². The summed E-state index contributed by atoms with van der Waals surface area (Å²) in [6, 6.07) is 15.3. The summed E-state index contributed by atoms with van der Waals surface area (Å²) < 4.78 is 7.83. The molecule has 0 saturated heterocycles. The van der Waals surface area contributed by atoms with Gasteiger partial charge < -0.3 is 4.42 Å². The first-order chi connectivity index (χ1) is 8.75. The van der Waals surface area contributed by atoms with Crippen LogP contribution in [0.25, 0.3) is 11.1 Å². The van der Waals surface area contributed by atoms with Crippen molar-refractivity contribution in [3.8, 4) is 0 Å². The third-order valence-corrected chi connectivity index (χ3v) is 3.63. The maximum absolute atomic E-state index is 11.8. The highest BCUT2D eigenvalue weighted by Crippen LogP contribution is 2.19. The summed E-state index contributed by atoms with van der Waals surface area (Å²) in [5, 5.41) is 0. The number of hydrogen-bond donors (Lipinski definition) is 0. The molecule has 0 radical (unpaired) electrons. The van der Waals surface area contributed by atoms with Crippen LogP contribution in [0, 0.1) is 0 Å². The van der Waals surface area contributed by atoms with Gasteiger partial charge >= 0.3 is 5.76 Å². The molecular weight excluding hydrogens is 294 g/mol. The first-order valence-corrected chi connectivity index (χ1v) is 6.37. The predicted octanol–water partition coefficient (Wildman–Crippen LogP) is 3.41. The van der Waals surface area contributed by atoms with Gasteiger partial charge in [0.1, 0.15) is 0 Å². The van der Waals surface area contributed by atoms with Crippen molar-refractivity contribution < 1.29 is 4.42 Å². The standard InChI is InChI=1S/C14H10BrNO2/c15-11-6-2-1-5-10(11)9-16-12-7-3-4-8-13(12)18-14(16)17/h1-8H,9H2. The molecule has 0 atom stereocenters. The molecule has 3 rings (SSSR count). The van der Waals surface area contributed by atoms with Crippen LogP contribution in [0.4, 0.5) is 0 Å². The zero-order chi connectivity index (χ0) is 12.5. The lowest BCUT2D eigenvalue weighted by molar-refractivity contribution is 0.517. The lowest BCUT2D eigenvalue weighted by Gasteiger charge is -2.04. The second-order valence-electron chi connectivity index (χ2n) is 4.01. The fourth-order valence-corrected chi connectivity index (χ4v) is 2.37. The second-order valence-corrected chi connectivity index (χ2v) is 4.87. The molecule has 3 nitrogen and oxygen atoms in total. The third kappa shape index (κ3) is 1.88. The molecular formula is C14H10BrNO2. The molecule has 18 heavy (non-hydrogen) atoms. The van der Waals surface area contributed by atoms with E-state index in [-0.39, 0.29) is 5.76 Å². The maximum Gasteiger partial charge on any atom is 0.420 e. The fourth-order valence-electron chi connectivity index (χ4n) is 1.96. The zero-order valence-electron chi connectivity index (χ0n) is 9.47. The molecule has 0 amide bonds. The largest absolute Gasteiger partial charge is 0.420 e. The van der Waals surface area contributed by atoms with Crippen LogP contribution in [0.2, 0.25) is 0 Å². The summed E-state index contributed by atoms with van der Waals surface area (Å²) in [5.41, 5.74) is 2.49. The van der Waals surface area contributed by atoms with Crippen molar-refractivity contribution in [2.24, 2.45) is 0 Å². The number of hydrogen-bond acceptors (Lipinski definition) is 2. The highest BCUT2D eigenvalue weighted by Gasteiger charge is 2.09. The third-order valence-electron chi connectivity index (χ3n) is 2.86. The minimum absolute atomic E-state index is 0.327. The normalized spacial score (nSPS) is 10.9. The maximum atomic E-state index is 11.8. The summed E-state index contributed by atoms with van der Waals surface area (Å²) in [4.78, 5) is 11.8. The predicted molar refractivity (Wildman–Crippen MR) is 73.7 cm³/mol. The Morgan fingerprint density at radius 3 is 2.61 bits per heavy atom. The van der Waals surface area contributed by atoms with Crippen molar-refractivity contribution in [1.82, 2.24) is 4.57 Å². The number of para-hydroxylation sites is 2. The Balaban J connectivity index is 2.13. The Bertz CT molecular complexity index is 758. The number of nitrogens with zero attached hydrogens (tertiary/aromatic N) is 1. The number of benzene rings is 2. The molecule has 1 aromatic heterocycles. The number of fused-ring (bicyclic) bond motifs is 1. The smallest absolute Gasteiger partial charge is 0.408 e. The minimum Gasteiger partial charge on any atom is -0.408 e. The number of rotatable bonds is 2. The van der Waals surface area contributed by atoms with E-state index in [0.717, 1.165) is 15.6 Å². The summed E-state index contributed by atoms with van der Waals surface area (Å²) >= 11 is 3.48. The molecule has 0 N–H and O–H groups in total. The Morgan fingerprint density at radius 1 is 1.06 bits per heavy atom. The molecule has 0 bridgehead atoms. The quantitative estimate of drug-likeness (QED) is 0.727. The van der Waals surface area contributed by atoms with E-state index in [4.69, 9.17) is 4.42 Å².